The van der Waals surface area contributed by atoms with Crippen molar-refractivity contribution in [1.82, 2.24) is 4.31 Å². The van der Waals surface area contributed by atoms with Crippen molar-refractivity contribution in [3.05, 3.63) is 29.6 Å². The van der Waals surface area contributed by atoms with E-state index in [0.717, 1.165) is 23.6 Å². The van der Waals surface area contributed by atoms with Crippen LogP contribution in [0.3, 0.4) is 0 Å². The molecule has 0 saturated heterocycles. The van der Waals surface area contributed by atoms with Crippen LogP contribution >= 0.6 is 0 Å². The van der Waals surface area contributed by atoms with Crippen LogP contribution in [0.15, 0.2) is 23.1 Å². The molecule has 1 aliphatic carbocycles. The predicted molar refractivity (Wildman–Crippen MR) is 78.9 cm³/mol. The molecule has 1 saturated carbocycles. The standard InChI is InChI=1S/C15H22FNO3S/c1-11-7-8-15(13(16)9-11)21(19,20)17(2)10-12-5-3-4-6-14(12)18/h7-9,12,14,18H,3-6,10H2,1-2H3. The molecule has 0 radical (unpaired) electrons. The van der Waals surface area contributed by atoms with E-state index in [4.69, 9.17) is 0 Å². The molecule has 2 atom stereocenters. The number of hydrogen-bond donors (Lipinski definition) is 1. The zero-order valence-electron chi connectivity index (χ0n) is 12.4. The SMILES string of the molecule is Cc1ccc(S(=O)(=O)N(C)CC2CCCCC2O)c(F)c1. The second-order valence-electron chi connectivity index (χ2n) is 5.83. The van der Waals surface area contributed by atoms with E-state index in [2.05, 4.69) is 0 Å². The molecule has 0 spiro atoms. The largest absolute Gasteiger partial charge is 0.393 e. The van der Waals surface area contributed by atoms with Crippen LogP contribution in [0.2, 0.25) is 0 Å². The highest BCUT2D eigenvalue weighted by Gasteiger charge is 2.30. The normalized spacial score (nSPS) is 23.5. The van der Waals surface area contributed by atoms with E-state index in [1.165, 1.54) is 19.2 Å². The van der Waals surface area contributed by atoms with E-state index in [0.29, 0.717) is 12.0 Å². The van der Waals surface area contributed by atoms with Crippen molar-refractivity contribution < 1.29 is 17.9 Å². The Morgan fingerprint density at radius 3 is 2.62 bits per heavy atom. The molecule has 4 nitrogen and oxygen atoms in total. The highest BCUT2D eigenvalue weighted by molar-refractivity contribution is 7.89. The number of hydrogen-bond acceptors (Lipinski definition) is 3. The fourth-order valence-electron chi connectivity index (χ4n) is 2.81. The monoisotopic (exact) mass is 315 g/mol. The van der Waals surface area contributed by atoms with E-state index in [-0.39, 0.29) is 17.4 Å². The number of aliphatic hydroxyl groups excluding tert-OH is 1. The van der Waals surface area contributed by atoms with Crippen LogP contribution in [0, 0.1) is 18.7 Å². The summed E-state index contributed by atoms with van der Waals surface area (Å²) in [6, 6.07) is 4.10. The van der Waals surface area contributed by atoms with Crippen molar-refractivity contribution in [3.8, 4) is 0 Å². The van der Waals surface area contributed by atoms with E-state index < -0.39 is 21.9 Å². The Bertz CT molecular complexity index is 603. The van der Waals surface area contributed by atoms with Gasteiger partial charge in [0, 0.05) is 13.6 Å². The first-order valence-corrected chi connectivity index (χ1v) is 8.67. The first kappa shape index (κ1) is 16.4. The fourth-order valence-corrected chi connectivity index (χ4v) is 4.08. The van der Waals surface area contributed by atoms with Gasteiger partial charge in [-0.1, -0.05) is 18.9 Å². The van der Waals surface area contributed by atoms with E-state index >= 15 is 0 Å². The van der Waals surface area contributed by atoms with Crippen molar-refractivity contribution in [2.75, 3.05) is 13.6 Å². The molecule has 1 aromatic carbocycles. The van der Waals surface area contributed by atoms with E-state index in [1.54, 1.807) is 13.0 Å². The van der Waals surface area contributed by atoms with Crippen LogP contribution in [0.4, 0.5) is 4.39 Å². The van der Waals surface area contributed by atoms with Gasteiger partial charge in [-0.2, -0.15) is 0 Å². The molecule has 0 bridgehead atoms. The summed E-state index contributed by atoms with van der Waals surface area (Å²) >= 11 is 0. The minimum Gasteiger partial charge on any atom is -0.393 e. The van der Waals surface area contributed by atoms with E-state index in [9.17, 15) is 17.9 Å². The van der Waals surface area contributed by atoms with E-state index in [1.807, 2.05) is 0 Å². The molecule has 118 valence electrons. The van der Waals surface area contributed by atoms with Crippen molar-refractivity contribution >= 4 is 10.0 Å². The molecule has 0 aromatic heterocycles. The molecule has 21 heavy (non-hydrogen) atoms. The van der Waals surface area contributed by atoms with Gasteiger partial charge in [0.05, 0.1) is 6.10 Å². The third kappa shape index (κ3) is 3.62. The van der Waals surface area contributed by atoms with Gasteiger partial charge < -0.3 is 5.11 Å². The lowest BCUT2D eigenvalue weighted by molar-refractivity contribution is 0.0620. The number of nitrogens with zero attached hydrogens (tertiary/aromatic N) is 1. The van der Waals surface area contributed by atoms with Gasteiger partial charge in [-0.25, -0.2) is 17.1 Å². The maximum absolute atomic E-state index is 13.9. The van der Waals surface area contributed by atoms with Crippen LogP contribution in [-0.4, -0.2) is 37.5 Å². The Balaban J connectivity index is 2.18. The molecule has 0 aliphatic heterocycles. The number of halogens is 1. The van der Waals surface area contributed by atoms with Crippen LogP contribution in [0.5, 0.6) is 0 Å². The molecular weight excluding hydrogens is 293 g/mol. The van der Waals surface area contributed by atoms with Crippen LogP contribution in [0.1, 0.15) is 31.2 Å². The third-order valence-electron chi connectivity index (χ3n) is 4.14. The van der Waals surface area contributed by atoms with Gasteiger partial charge in [-0.3, -0.25) is 0 Å². The molecular formula is C15H22FNO3S. The topological polar surface area (TPSA) is 57.6 Å². The molecule has 1 fully saturated rings. The molecule has 2 rings (SSSR count). The summed E-state index contributed by atoms with van der Waals surface area (Å²) in [7, 11) is -2.42. The average Bonchev–Trinajstić information content (AvgIpc) is 2.40. The van der Waals surface area contributed by atoms with Crippen molar-refractivity contribution in [1.29, 1.82) is 0 Å². The lowest BCUT2D eigenvalue weighted by Gasteiger charge is -2.30. The summed E-state index contributed by atoms with van der Waals surface area (Å²) in [5.41, 5.74) is 0.678. The average molecular weight is 315 g/mol. The second-order valence-corrected chi connectivity index (χ2v) is 7.84. The summed E-state index contributed by atoms with van der Waals surface area (Å²) in [5.74, 6) is -0.807. The molecule has 2 unspecified atom stereocenters. The minimum atomic E-state index is -3.86. The van der Waals surface area contributed by atoms with Crippen molar-refractivity contribution in [2.24, 2.45) is 5.92 Å². The zero-order chi connectivity index (χ0) is 15.6. The van der Waals surface area contributed by atoms with Gasteiger partial charge in [0.25, 0.3) is 0 Å². The minimum absolute atomic E-state index is 0.0768. The summed E-state index contributed by atoms with van der Waals surface area (Å²) < 4.78 is 40.0. The highest BCUT2D eigenvalue weighted by Crippen LogP contribution is 2.27. The smallest absolute Gasteiger partial charge is 0.245 e. The number of aliphatic hydroxyl groups is 1. The Kier molecular flexibility index (Phi) is 5.01. The quantitative estimate of drug-likeness (QED) is 0.927. The van der Waals surface area contributed by atoms with Gasteiger partial charge >= 0.3 is 0 Å². The van der Waals surface area contributed by atoms with Crippen LogP contribution in [-0.2, 0) is 10.0 Å². The number of rotatable bonds is 4. The lowest BCUT2D eigenvalue weighted by atomic mass is 9.86. The highest BCUT2D eigenvalue weighted by atomic mass is 32.2. The number of aryl methyl sites for hydroxylation is 1. The Morgan fingerprint density at radius 1 is 1.33 bits per heavy atom. The lowest BCUT2D eigenvalue weighted by Crippen LogP contribution is -2.38. The zero-order valence-corrected chi connectivity index (χ0v) is 13.2. The summed E-state index contributed by atoms with van der Waals surface area (Å²) in [5, 5.41) is 9.95. The van der Waals surface area contributed by atoms with Gasteiger partial charge in [-0.15, -0.1) is 0 Å². The van der Waals surface area contributed by atoms with Gasteiger partial charge in [0.1, 0.15) is 10.7 Å². The molecule has 1 N–H and O–H groups in total. The fraction of sp³-hybridized carbons (Fsp3) is 0.600. The van der Waals surface area contributed by atoms with Crippen LogP contribution < -0.4 is 0 Å². The Morgan fingerprint density at radius 2 is 2.00 bits per heavy atom. The maximum atomic E-state index is 13.9. The van der Waals surface area contributed by atoms with Crippen LogP contribution in [0.25, 0.3) is 0 Å². The Hall–Kier alpha value is -0.980. The van der Waals surface area contributed by atoms with Gasteiger partial charge in [0.2, 0.25) is 10.0 Å². The first-order chi connectivity index (χ1) is 9.82. The van der Waals surface area contributed by atoms with Crippen molar-refractivity contribution in [3.63, 3.8) is 0 Å². The first-order valence-electron chi connectivity index (χ1n) is 7.23. The van der Waals surface area contributed by atoms with Gasteiger partial charge in [0.15, 0.2) is 0 Å². The summed E-state index contributed by atoms with van der Waals surface area (Å²) in [4.78, 5) is -0.305. The number of benzene rings is 1. The second kappa shape index (κ2) is 6.42. The van der Waals surface area contributed by atoms with Gasteiger partial charge in [-0.05, 0) is 43.4 Å². The third-order valence-corrected chi connectivity index (χ3v) is 5.99. The molecule has 0 heterocycles. The predicted octanol–water partition coefficient (Wildman–Crippen LogP) is 2.31. The molecule has 1 aliphatic rings. The number of sulfonamides is 1. The summed E-state index contributed by atoms with van der Waals surface area (Å²) in [6.45, 7) is 1.93. The molecule has 6 heteroatoms. The molecule has 0 amide bonds. The Labute approximate surface area is 125 Å². The van der Waals surface area contributed by atoms with Crippen molar-refractivity contribution in [2.45, 2.75) is 43.6 Å². The maximum Gasteiger partial charge on any atom is 0.245 e. The molecule has 1 aromatic rings. The summed E-state index contributed by atoms with van der Waals surface area (Å²) in [6.07, 6.45) is 3.00.